The quantitative estimate of drug-likeness (QED) is 0.896. The zero-order valence-electron chi connectivity index (χ0n) is 11.3. The van der Waals surface area contributed by atoms with E-state index in [1.54, 1.807) is 20.8 Å². The second-order valence-corrected chi connectivity index (χ2v) is 7.41. The summed E-state index contributed by atoms with van der Waals surface area (Å²) in [7, 11) is -3.91. The van der Waals surface area contributed by atoms with Crippen molar-refractivity contribution in [2.75, 3.05) is 6.54 Å². The van der Waals surface area contributed by atoms with Crippen molar-refractivity contribution in [2.24, 2.45) is 5.14 Å². The van der Waals surface area contributed by atoms with Gasteiger partial charge in [0.05, 0.1) is 11.4 Å². The third kappa shape index (κ3) is 3.97. The zero-order chi connectivity index (χ0) is 15.7. The van der Waals surface area contributed by atoms with Crippen molar-refractivity contribution in [3.63, 3.8) is 0 Å². The van der Waals surface area contributed by atoms with E-state index >= 15 is 0 Å². The largest absolute Gasteiger partial charge is 0.330 e. The van der Waals surface area contributed by atoms with Crippen molar-refractivity contribution in [2.45, 2.75) is 37.4 Å². The van der Waals surface area contributed by atoms with E-state index in [4.69, 9.17) is 5.14 Å². The first kappa shape index (κ1) is 17.0. The van der Waals surface area contributed by atoms with Gasteiger partial charge in [0.25, 0.3) is 12.3 Å². The van der Waals surface area contributed by atoms with Crippen LogP contribution in [-0.4, -0.2) is 38.2 Å². The van der Waals surface area contributed by atoms with Crippen LogP contribution in [0.5, 0.6) is 0 Å². The van der Waals surface area contributed by atoms with Gasteiger partial charge in [-0.05, 0) is 32.4 Å². The monoisotopic (exact) mass is 326 g/mol. The van der Waals surface area contributed by atoms with Gasteiger partial charge >= 0.3 is 0 Å². The first-order chi connectivity index (χ1) is 9.04. The van der Waals surface area contributed by atoms with Gasteiger partial charge in [0.2, 0.25) is 10.0 Å². The van der Waals surface area contributed by atoms with Crippen LogP contribution in [0.1, 0.15) is 29.1 Å². The summed E-state index contributed by atoms with van der Waals surface area (Å²) in [5.41, 5.74) is 0.406. The van der Waals surface area contributed by atoms with Crippen LogP contribution < -0.4 is 5.14 Å². The predicted molar refractivity (Wildman–Crippen MR) is 72.6 cm³/mol. The van der Waals surface area contributed by atoms with Crippen LogP contribution in [-0.2, 0) is 10.0 Å². The average Bonchev–Trinajstić information content (AvgIpc) is 2.66. The van der Waals surface area contributed by atoms with Crippen molar-refractivity contribution in [1.82, 2.24) is 4.90 Å². The summed E-state index contributed by atoms with van der Waals surface area (Å²) < 4.78 is 47.4. The van der Waals surface area contributed by atoms with Gasteiger partial charge < -0.3 is 4.90 Å². The lowest BCUT2D eigenvalue weighted by molar-refractivity contribution is 0.0480. The van der Waals surface area contributed by atoms with Gasteiger partial charge in [0.15, 0.2) is 0 Å². The van der Waals surface area contributed by atoms with Gasteiger partial charge in [-0.3, -0.25) is 4.79 Å². The molecule has 1 heterocycles. The molecule has 9 heteroatoms. The molecule has 2 N–H and O–H groups in total. The van der Waals surface area contributed by atoms with E-state index in [1.165, 1.54) is 6.07 Å². The first-order valence-electron chi connectivity index (χ1n) is 5.76. The van der Waals surface area contributed by atoms with Crippen LogP contribution in [0.15, 0.2) is 10.3 Å². The minimum absolute atomic E-state index is 0.114. The number of nitrogens with zero attached hydrogens (tertiary/aromatic N) is 1. The van der Waals surface area contributed by atoms with Crippen molar-refractivity contribution < 1.29 is 22.0 Å². The van der Waals surface area contributed by atoms with E-state index < -0.39 is 34.9 Å². The fraction of sp³-hybridized carbons (Fsp3) is 0.545. The highest BCUT2D eigenvalue weighted by atomic mass is 32.2. The number of hydrogen-bond acceptors (Lipinski definition) is 4. The van der Waals surface area contributed by atoms with Crippen LogP contribution in [0.3, 0.4) is 0 Å². The van der Waals surface area contributed by atoms with Crippen molar-refractivity contribution in [3.05, 3.63) is 16.5 Å². The van der Waals surface area contributed by atoms with Gasteiger partial charge in [-0.2, -0.15) is 0 Å². The molecule has 0 saturated carbocycles. The molecule has 1 amide bonds. The number of carbonyl (C=O) groups is 1. The molecule has 1 aromatic rings. The third-order valence-corrected chi connectivity index (χ3v) is 5.23. The van der Waals surface area contributed by atoms with E-state index in [0.717, 1.165) is 4.90 Å². The molecule has 0 bridgehead atoms. The van der Waals surface area contributed by atoms with E-state index in [9.17, 15) is 22.0 Å². The van der Waals surface area contributed by atoms with Crippen LogP contribution >= 0.6 is 11.3 Å². The summed E-state index contributed by atoms with van der Waals surface area (Å²) in [5, 5.41) is 4.99. The summed E-state index contributed by atoms with van der Waals surface area (Å²) in [4.78, 5) is 13.4. The Balaban J connectivity index is 3.16. The number of alkyl halides is 2. The van der Waals surface area contributed by atoms with E-state index in [0.29, 0.717) is 16.9 Å². The van der Waals surface area contributed by atoms with Crippen molar-refractivity contribution >= 4 is 27.3 Å². The molecular formula is C11H16F2N2O3S2. The Morgan fingerprint density at radius 3 is 2.35 bits per heavy atom. The minimum atomic E-state index is -3.91. The summed E-state index contributed by atoms with van der Waals surface area (Å²) in [6, 6.07) is 0.852. The number of hydrogen-bond donors (Lipinski definition) is 1. The lowest BCUT2D eigenvalue weighted by Gasteiger charge is -2.26. The molecule has 0 radical (unpaired) electrons. The molecule has 0 unspecified atom stereocenters. The Bertz CT molecular complexity index is 597. The molecule has 1 aromatic heterocycles. The highest BCUT2D eigenvalue weighted by Crippen LogP contribution is 2.27. The molecule has 0 aromatic carbocycles. The molecule has 0 fully saturated rings. The van der Waals surface area contributed by atoms with Gasteiger partial charge in [0.1, 0.15) is 4.21 Å². The van der Waals surface area contributed by atoms with E-state index in [1.807, 2.05) is 0 Å². The lowest BCUT2D eigenvalue weighted by atomic mass is 10.2. The van der Waals surface area contributed by atoms with Gasteiger partial charge in [-0.1, -0.05) is 0 Å². The van der Waals surface area contributed by atoms with Gasteiger partial charge in [-0.25, -0.2) is 22.3 Å². The number of carbonyl (C=O) groups excluding carboxylic acids is 1. The first-order valence-corrected chi connectivity index (χ1v) is 8.12. The van der Waals surface area contributed by atoms with Crippen LogP contribution in [0.25, 0.3) is 0 Å². The molecule has 0 aliphatic rings. The fourth-order valence-corrected chi connectivity index (χ4v) is 3.53. The zero-order valence-corrected chi connectivity index (χ0v) is 12.9. The standard InChI is InChI=1S/C11H16F2N2O3S2/c1-6(2)15(5-8(12)13)11(16)10-7(3)4-9(19-10)20(14,17)18/h4,6,8H,5H2,1-3H3,(H2,14,17,18). The Morgan fingerprint density at radius 2 is 2.00 bits per heavy atom. The smallest absolute Gasteiger partial charge is 0.264 e. The number of sulfonamides is 1. The SMILES string of the molecule is Cc1cc(S(N)(=O)=O)sc1C(=O)N(CC(F)F)C(C)C. The number of halogens is 2. The summed E-state index contributed by atoms with van der Waals surface area (Å²) in [5.74, 6) is -0.613. The fourth-order valence-electron chi connectivity index (χ4n) is 1.61. The normalized spacial score (nSPS) is 12.2. The highest BCUT2D eigenvalue weighted by molar-refractivity contribution is 7.91. The Kier molecular flexibility index (Phi) is 5.22. The number of primary sulfonamides is 1. The molecule has 114 valence electrons. The lowest BCUT2D eigenvalue weighted by Crippen LogP contribution is -2.40. The number of rotatable bonds is 5. The van der Waals surface area contributed by atoms with Crippen LogP contribution in [0.2, 0.25) is 0 Å². The summed E-state index contributed by atoms with van der Waals surface area (Å²) in [6.07, 6.45) is -2.65. The second kappa shape index (κ2) is 6.15. The maximum absolute atomic E-state index is 12.5. The Morgan fingerprint density at radius 1 is 1.45 bits per heavy atom. The third-order valence-electron chi connectivity index (χ3n) is 2.59. The van der Waals surface area contributed by atoms with E-state index in [-0.39, 0.29) is 9.09 Å². The highest BCUT2D eigenvalue weighted by Gasteiger charge is 2.26. The maximum Gasteiger partial charge on any atom is 0.264 e. The van der Waals surface area contributed by atoms with Gasteiger partial charge in [-0.15, -0.1) is 11.3 Å². The molecular weight excluding hydrogens is 310 g/mol. The predicted octanol–water partition coefficient (Wildman–Crippen LogP) is 1.82. The number of aryl methyl sites for hydroxylation is 1. The van der Waals surface area contributed by atoms with Crippen LogP contribution in [0, 0.1) is 6.92 Å². The number of amides is 1. The molecule has 20 heavy (non-hydrogen) atoms. The Labute approximate surface area is 120 Å². The van der Waals surface area contributed by atoms with Crippen LogP contribution in [0.4, 0.5) is 8.78 Å². The van der Waals surface area contributed by atoms with Gasteiger partial charge in [0, 0.05) is 6.04 Å². The Hall–Kier alpha value is -1.06. The average molecular weight is 326 g/mol. The number of nitrogens with two attached hydrogens (primary N) is 1. The topological polar surface area (TPSA) is 80.5 Å². The second-order valence-electron chi connectivity index (χ2n) is 4.56. The van der Waals surface area contributed by atoms with Crippen molar-refractivity contribution in [3.8, 4) is 0 Å². The molecule has 5 nitrogen and oxygen atoms in total. The molecule has 0 aliphatic carbocycles. The van der Waals surface area contributed by atoms with E-state index in [2.05, 4.69) is 0 Å². The summed E-state index contributed by atoms with van der Waals surface area (Å²) in [6.45, 7) is 4.07. The molecule has 1 rings (SSSR count). The molecule has 0 atom stereocenters. The molecule has 0 saturated heterocycles. The molecule has 0 aliphatic heterocycles. The number of thiophene rings is 1. The summed E-state index contributed by atoms with van der Waals surface area (Å²) >= 11 is 0.698. The molecule has 0 spiro atoms. The maximum atomic E-state index is 12.5. The van der Waals surface area contributed by atoms with Crippen molar-refractivity contribution in [1.29, 1.82) is 0 Å². The minimum Gasteiger partial charge on any atom is -0.330 e.